The van der Waals surface area contributed by atoms with E-state index >= 15 is 0 Å². The molecule has 0 radical (unpaired) electrons. The lowest BCUT2D eigenvalue weighted by atomic mass is 9.66. The standard InChI is InChI=1S/C19H29N3O3/c1-11(2)16-19(10-22(16)3)7-13(15(23)8-19)20-17(24)14-9-25-18(21-14)12-5-4-6-12/h9,11-13,15-16,23H,4-8,10H2,1-3H3,(H,20,24)/t13-,15-,16?,19?/m1/s1. The summed E-state index contributed by atoms with van der Waals surface area (Å²) in [6.45, 7) is 5.46. The predicted molar refractivity (Wildman–Crippen MR) is 93.3 cm³/mol. The van der Waals surface area contributed by atoms with E-state index in [1.54, 1.807) is 0 Å². The van der Waals surface area contributed by atoms with Crippen molar-refractivity contribution in [2.24, 2.45) is 11.3 Å². The van der Waals surface area contributed by atoms with Crippen LogP contribution in [0.3, 0.4) is 0 Å². The van der Waals surface area contributed by atoms with Crippen LogP contribution < -0.4 is 5.32 Å². The van der Waals surface area contributed by atoms with Gasteiger partial charge in [-0.15, -0.1) is 0 Å². The fraction of sp³-hybridized carbons (Fsp3) is 0.789. The number of aliphatic hydroxyl groups is 1. The van der Waals surface area contributed by atoms with Crippen molar-refractivity contribution < 1.29 is 14.3 Å². The molecule has 0 bridgehead atoms. The second-order valence-electron chi connectivity index (χ2n) is 8.72. The third-order valence-electron chi connectivity index (χ3n) is 6.53. The van der Waals surface area contributed by atoms with Gasteiger partial charge in [-0.1, -0.05) is 20.3 Å². The lowest BCUT2D eigenvalue weighted by Crippen LogP contribution is -2.64. The Labute approximate surface area is 149 Å². The van der Waals surface area contributed by atoms with E-state index in [4.69, 9.17) is 4.42 Å². The summed E-state index contributed by atoms with van der Waals surface area (Å²) in [6, 6.07) is 0.271. The van der Waals surface area contributed by atoms with Crippen molar-refractivity contribution in [3.05, 3.63) is 17.8 Å². The van der Waals surface area contributed by atoms with Crippen LogP contribution in [0.1, 0.15) is 68.2 Å². The number of oxazole rings is 1. The maximum absolute atomic E-state index is 12.5. The molecule has 2 heterocycles. The molecule has 3 fully saturated rings. The van der Waals surface area contributed by atoms with Crippen molar-refractivity contribution in [2.75, 3.05) is 13.6 Å². The van der Waals surface area contributed by atoms with Gasteiger partial charge in [-0.25, -0.2) is 4.98 Å². The quantitative estimate of drug-likeness (QED) is 0.872. The Kier molecular flexibility index (Phi) is 4.15. The molecular weight excluding hydrogens is 318 g/mol. The number of aromatic nitrogens is 1. The number of hydrogen-bond acceptors (Lipinski definition) is 5. The van der Waals surface area contributed by atoms with Crippen molar-refractivity contribution in [1.82, 2.24) is 15.2 Å². The van der Waals surface area contributed by atoms with Crippen LogP contribution >= 0.6 is 0 Å². The molecule has 138 valence electrons. The summed E-state index contributed by atoms with van der Waals surface area (Å²) in [5.41, 5.74) is 0.461. The Morgan fingerprint density at radius 2 is 2.20 bits per heavy atom. The Morgan fingerprint density at radius 3 is 2.80 bits per heavy atom. The molecule has 3 aliphatic rings. The monoisotopic (exact) mass is 347 g/mol. The zero-order valence-corrected chi connectivity index (χ0v) is 15.4. The van der Waals surface area contributed by atoms with Crippen LogP contribution in [0, 0.1) is 11.3 Å². The number of likely N-dealkylation sites (tertiary alicyclic amines) is 1. The molecule has 6 nitrogen and oxygen atoms in total. The highest BCUT2D eigenvalue weighted by Crippen LogP contribution is 2.52. The lowest BCUT2D eigenvalue weighted by molar-refractivity contribution is -0.0827. The average Bonchev–Trinajstić information content (AvgIpc) is 3.03. The number of aliphatic hydroxyl groups excluding tert-OH is 1. The van der Waals surface area contributed by atoms with Gasteiger partial charge in [0.05, 0.1) is 12.1 Å². The highest BCUT2D eigenvalue weighted by Gasteiger charge is 2.58. The Bertz CT molecular complexity index is 649. The topological polar surface area (TPSA) is 78.6 Å². The van der Waals surface area contributed by atoms with E-state index in [-0.39, 0.29) is 17.4 Å². The maximum Gasteiger partial charge on any atom is 0.273 e. The molecule has 1 spiro atoms. The van der Waals surface area contributed by atoms with Crippen molar-refractivity contribution in [3.8, 4) is 0 Å². The minimum absolute atomic E-state index is 0.126. The summed E-state index contributed by atoms with van der Waals surface area (Å²) >= 11 is 0. The molecule has 1 saturated heterocycles. The minimum atomic E-state index is -0.489. The second kappa shape index (κ2) is 6.09. The number of hydrogen-bond donors (Lipinski definition) is 2. The third kappa shape index (κ3) is 2.79. The van der Waals surface area contributed by atoms with Crippen LogP contribution in [0.15, 0.2) is 10.7 Å². The Morgan fingerprint density at radius 1 is 1.44 bits per heavy atom. The number of carbonyl (C=O) groups excluding carboxylic acids is 1. The number of nitrogens with zero attached hydrogens (tertiary/aromatic N) is 2. The zero-order chi connectivity index (χ0) is 17.8. The van der Waals surface area contributed by atoms with Gasteiger partial charge in [0.25, 0.3) is 5.91 Å². The van der Waals surface area contributed by atoms with E-state index in [9.17, 15) is 9.90 Å². The molecule has 1 aromatic heterocycles. The summed E-state index contributed by atoms with van der Waals surface area (Å²) in [5.74, 6) is 1.37. The number of nitrogens with one attached hydrogen (secondary N) is 1. The summed E-state index contributed by atoms with van der Waals surface area (Å²) in [4.78, 5) is 19.3. The molecule has 2 saturated carbocycles. The van der Waals surface area contributed by atoms with Crippen molar-refractivity contribution in [2.45, 2.75) is 70.1 Å². The summed E-state index contributed by atoms with van der Waals surface area (Å²) in [7, 11) is 2.14. The first-order valence-electron chi connectivity index (χ1n) is 9.54. The second-order valence-corrected chi connectivity index (χ2v) is 8.72. The highest BCUT2D eigenvalue weighted by molar-refractivity contribution is 5.92. The highest BCUT2D eigenvalue weighted by atomic mass is 16.3. The van der Waals surface area contributed by atoms with Crippen molar-refractivity contribution in [3.63, 3.8) is 0 Å². The summed E-state index contributed by atoms with van der Waals surface area (Å²) < 4.78 is 5.48. The molecule has 2 N–H and O–H groups in total. The minimum Gasteiger partial charge on any atom is -0.448 e. The molecule has 2 unspecified atom stereocenters. The normalized spacial score (nSPS) is 35.8. The van der Waals surface area contributed by atoms with Gasteiger partial charge in [-0.3, -0.25) is 4.79 Å². The largest absolute Gasteiger partial charge is 0.448 e. The SMILES string of the molecule is CC(C)C1N(C)CC12C[C@@H](O)[C@H](NC(=O)c1coc(C3CCC3)n1)C2. The molecule has 1 amide bonds. The van der Waals surface area contributed by atoms with Gasteiger partial charge in [0.15, 0.2) is 11.6 Å². The van der Waals surface area contributed by atoms with Crippen LogP contribution in [-0.4, -0.2) is 52.7 Å². The van der Waals surface area contributed by atoms with Gasteiger partial charge < -0.3 is 19.7 Å². The maximum atomic E-state index is 12.5. The first kappa shape index (κ1) is 17.0. The third-order valence-corrected chi connectivity index (χ3v) is 6.53. The molecule has 6 heteroatoms. The van der Waals surface area contributed by atoms with Gasteiger partial charge in [0.2, 0.25) is 0 Å². The van der Waals surface area contributed by atoms with Gasteiger partial charge >= 0.3 is 0 Å². The first-order valence-corrected chi connectivity index (χ1v) is 9.54. The first-order chi connectivity index (χ1) is 11.9. The fourth-order valence-corrected chi connectivity index (χ4v) is 5.47. The van der Waals surface area contributed by atoms with Crippen LogP contribution in [0.5, 0.6) is 0 Å². The molecule has 0 aromatic carbocycles. The molecule has 25 heavy (non-hydrogen) atoms. The summed E-state index contributed by atoms with van der Waals surface area (Å²) in [6.07, 6.45) is 5.95. The number of rotatable bonds is 4. The molecular formula is C19H29N3O3. The average molecular weight is 347 g/mol. The molecule has 1 aromatic rings. The molecule has 1 aliphatic heterocycles. The van der Waals surface area contributed by atoms with Crippen LogP contribution in [0.25, 0.3) is 0 Å². The Balaban J connectivity index is 1.41. The van der Waals surface area contributed by atoms with Crippen LogP contribution in [-0.2, 0) is 0 Å². The lowest BCUT2D eigenvalue weighted by Gasteiger charge is -2.57. The van der Waals surface area contributed by atoms with Gasteiger partial charge in [-0.05, 0) is 38.6 Å². The van der Waals surface area contributed by atoms with Gasteiger partial charge in [0.1, 0.15) is 6.26 Å². The number of carbonyl (C=O) groups is 1. The Hall–Kier alpha value is -1.40. The van der Waals surface area contributed by atoms with E-state index in [0.717, 1.165) is 32.2 Å². The van der Waals surface area contributed by atoms with E-state index < -0.39 is 6.10 Å². The number of amides is 1. The molecule has 2 aliphatic carbocycles. The zero-order valence-electron chi connectivity index (χ0n) is 15.4. The van der Waals surface area contributed by atoms with E-state index in [2.05, 4.69) is 36.1 Å². The van der Waals surface area contributed by atoms with Crippen molar-refractivity contribution >= 4 is 5.91 Å². The van der Waals surface area contributed by atoms with E-state index in [1.807, 2.05) is 0 Å². The summed E-state index contributed by atoms with van der Waals surface area (Å²) in [5, 5.41) is 13.5. The van der Waals surface area contributed by atoms with Crippen molar-refractivity contribution in [1.29, 1.82) is 0 Å². The van der Waals surface area contributed by atoms with E-state index in [1.165, 1.54) is 12.7 Å². The molecule has 4 rings (SSSR count). The fourth-order valence-electron chi connectivity index (χ4n) is 5.47. The predicted octanol–water partition coefficient (Wildman–Crippen LogP) is 2.15. The smallest absolute Gasteiger partial charge is 0.273 e. The van der Waals surface area contributed by atoms with E-state index in [0.29, 0.717) is 29.5 Å². The van der Waals surface area contributed by atoms with Crippen LogP contribution in [0.4, 0.5) is 0 Å². The molecule has 4 atom stereocenters. The van der Waals surface area contributed by atoms with Gasteiger partial charge in [-0.2, -0.15) is 0 Å². The van der Waals surface area contributed by atoms with Gasteiger partial charge in [0, 0.05) is 23.9 Å². The van der Waals surface area contributed by atoms with Crippen LogP contribution in [0.2, 0.25) is 0 Å².